The van der Waals surface area contributed by atoms with Gasteiger partial charge in [0.15, 0.2) is 0 Å². The molecule has 3 saturated carbocycles. The molecule has 1 N–H and O–H groups in total. The molecule has 1 aromatic heterocycles. The highest BCUT2D eigenvalue weighted by molar-refractivity contribution is 9.10. The van der Waals surface area contributed by atoms with Crippen LogP contribution >= 0.6 is 27.3 Å². The van der Waals surface area contributed by atoms with E-state index in [9.17, 15) is 0 Å². The Morgan fingerprint density at radius 2 is 2.11 bits per heavy atom. The fourth-order valence-electron chi connectivity index (χ4n) is 5.07. The average molecular weight is 340 g/mol. The van der Waals surface area contributed by atoms with E-state index in [4.69, 9.17) is 0 Å². The van der Waals surface area contributed by atoms with Gasteiger partial charge in [0.25, 0.3) is 0 Å². The Bertz CT molecular complexity index is 455. The summed E-state index contributed by atoms with van der Waals surface area (Å²) in [7, 11) is 0. The number of nitrogens with one attached hydrogen (secondary N) is 1. The number of halogens is 1. The fraction of sp³-hybridized carbons (Fsp3) is 0.750. The van der Waals surface area contributed by atoms with Crippen LogP contribution in [0.25, 0.3) is 0 Å². The zero-order valence-electron chi connectivity index (χ0n) is 11.4. The van der Waals surface area contributed by atoms with Crippen molar-refractivity contribution in [1.82, 2.24) is 5.32 Å². The Hall–Kier alpha value is 0.140. The first-order valence-electron chi connectivity index (χ1n) is 7.77. The van der Waals surface area contributed by atoms with Gasteiger partial charge in [0.1, 0.15) is 0 Å². The highest BCUT2D eigenvalue weighted by Crippen LogP contribution is 2.72. The van der Waals surface area contributed by atoms with Gasteiger partial charge in [0.05, 0.1) is 0 Å². The lowest BCUT2D eigenvalue weighted by molar-refractivity contribution is 0.373. The topological polar surface area (TPSA) is 12.0 Å². The van der Waals surface area contributed by atoms with E-state index in [0.29, 0.717) is 6.04 Å². The number of hydrogen-bond donors (Lipinski definition) is 1. The molecule has 104 valence electrons. The summed E-state index contributed by atoms with van der Waals surface area (Å²) in [6.07, 6.45) is 5.83. The predicted molar refractivity (Wildman–Crippen MR) is 84.4 cm³/mol. The molecule has 0 radical (unpaired) electrons. The normalized spacial score (nSPS) is 40.4. The first-order valence-corrected chi connectivity index (χ1v) is 9.44. The highest BCUT2D eigenvalue weighted by Gasteiger charge is 2.66. The molecular formula is C16H22BrNS. The van der Waals surface area contributed by atoms with Gasteiger partial charge in [-0.25, -0.2) is 0 Å². The summed E-state index contributed by atoms with van der Waals surface area (Å²) >= 11 is 5.68. The summed E-state index contributed by atoms with van der Waals surface area (Å²) in [4.78, 5) is 1.55. The quantitative estimate of drug-likeness (QED) is 0.808. The minimum Gasteiger partial charge on any atom is -0.309 e. The fourth-order valence-corrected chi connectivity index (χ4v) is 6.82. The summed E-state index contributed by atoms with van der Waals surface area (Å²) in [5, 5.41) is 6.08. The number of hydrogen-bond acceptors (Lipinski definition) is 2. The van der Waals surface area contributed by atoms with Gasteiger partial charge in [0.2, 0.25) is 0 Å². The number of fused-ring (bicyclic) bond motifs is 5. The van der Waals surface area contributed by atoms with Crippen LogP contribution in [0.4, 0.5) is 0 Å². The van der Waals surface area contributed by atoms with Crippen molar-refractivity contribution < 1.29 is 0 Å². The Morgan fingerprint density at radius 1 is 1.37 bits per heavy atom. The lowest BCUT2D eigenvalue weighted by Gasteiger charge is -2.21. The van der Waals surface area contributed by atoms with Gasteiger partial charge in [-0.15, -0.1) is 11.3 Å². The summed E-state index contributed by atoms with van der Waals surface area (Å²) in [5.41, 5.74) is 0. The molecule has 3 aliphatic rings. The van der Waals surface area contributed by atoms with Gasteiger partial charge in [-0.2, -0.15) is 0 Å². The standard InChI is InChI=1S/C16H22BrNS/c1-2-6-18-15(16-11(17)5-7-19-16)14-12-9-3-4-10(8-9)13(12)14/h5,7,9-10,12-15,18H,2-4,6,8H2,1H3. The van der Waals surface area contributed by atoms with Crippen LogP contribution in [0.1, 0.15) is 43.5 Å². The number of thiophene rings is 1. The SMILES string of the molecule is CCCNC(c1sccc1Br)C1C2C3CCC(C3)C21. The van der Waals surface area contributed by atoms with E-state index in [2.05, 4.69) is 39.6 Å². The number of rotatable bonds is 5. The summed E-state index contributed by atoms with van der Waals surface area (Å²) in [5.74, 6) is 5.20. The predicted octanol–water partition coefficient (Wildman–Crippen LogP) is 4.84. The van der Waals surface area contributed by atoms with Gasteiger partial charge in [-0.05, 0) is 89.2 Å². The van der Waals surface area contributed by atoms with Gasteiger partial charge in [-0.3, -0.25) is 0 Å². The van der Waals surface area contributed by atoms with Crippen molar-refractivity contribution >= 4 is 27.3 Å². The van der Waals surface area contributed by atoms with Crippen LogP contribution in [0.3, 0.4) is 0 Å². The highest BCUT2D eigenvalue weighted by atomic mass is 79.9. The van der Waals surface area contributed by atoms with Gasteiger partial charge in [0, 0.05) is 15.4 Å². The molecule has 0 spiro atoms. The van der Waals surface area contributed by atoms with Crippen molar-refractivity contribution in [2.24, 2.45) is 29.6 Å². The van der Waals surface area contributed by atoms with Crippen LogP contribution in [0.15, 0.2) is 15.9 Å². The van der Waals surface area contributed by atoms with E-state index in [0.717, 1.165) is 36.1 Å². The molecule has 19 heavy (non-hydrogen) atoms. The molecule has 0 amide bonds. The van der Waals surface area contributed by atoms with Crippen LogP contribution in [-0.2, 0) is 0 Å². The Kier molecular flexibility index (Phi) is 3.28. The second-order valence-electron chi connectivity index (χ2n) is 6.63. The molecule has 3 fully saturated rings. The third-order valence-corrected chi connectivity index (χ3v) is 7.68. The second-order valence-corrected chi connectivity index (χ2v) is 8.43. The largest absolute Gasteiger partial charge is 0.309 e. The monoisotopic (exact) mass is 339 g/mol. The van der Waals surface area contributed by atoms with Crippen molar-refractivity contribution in [3.63, 3.8) is 0 Å². The van der Waals surface area contributed by atoms with E-state index in [1.807, 2.05) is 11.3 Å². The van der Waals surface area contributed by atoms with Crippen LogP contribution in [-0.4, -0.2) is 6.54 Å². The van der Waals surface area contributed by atoms with Gasteiger partial charge < -0.3 is 5.32 Å². The molecule has 0 aromatic carbocycles. The Morgan fingerprint density at radius 3 is 2.68 bits per heavy atom. The van der Waals surface area contributed by atoms with E-state index < -0.39 is 0 Å². The molecule has 2 bridgehead atoms. The first kappa shape index (κ1) is 12.8. The molecule has 0 aliphatic heterocycles. The Labute approximate surface area is 128 Å². The second kappa shape index (κ2) is 4.85. The van der Waals surface area contributed by atoms with Crippen LogP contribution in [0.5, 0.6) is 0 Å². The van der Waals surface area contributed by atoms with Gasteiger partial charge in [-0.1, -0.05) is 6.92 Å². The summed E-state index contributed by atoms with van der Waals surface area (Å²) < 4.78 is 1.32. The minimum absolute atomic E-state index is 0.618. The van der Waals surface area contributed by atoms with Gasteiger partial charge >= 0.3 is 0 Å². The zero-order chi connectivity index (χ0) is 13.0. The zero-order valence-corrected chi connectivity index (χ0v) is 13.8. The van der Waals surface area contributed by atoms with Crippen molar-refractivity contribution in [3.05, 3.63) is 20.8 Å². The van der Waals surface area contributed by atoms with Crippen molar-refractivity contribution in [2.75, 3.05) is 6.54 Å². The van der Waals surface area contributed by atoms with Crippen LogP contribution in [0.2, 0.25) is 0 Å². The van der Waals surface area contributed by atoms with Crippen LogP contribution in [0, 0.1) is 29.6 Å². The van der Waals surface area contributed by atoms with E-state index >= 15 is 0 Å². The molecule has 1 heterocycles. The van der Waals surface area contributed by atoms with Crippen molar-refractivity contribution in [1.29, 1.82) is 0 Å². The molecule has 5 unspecified atom stereocenters. The van der Waals surface area contributed by atoms with Crippen LogP contribution < -0.4 is 5.32 Å². The molecule has 4 rings (SSSR count). The first-order chi connectivity index (χ1) is 9.31. The third kappa shape index (κ3) is 1.96. The minimum atomic E-state index is 0.618. The van der Waals surface area contributed by atoms with E-state index in [-0.39, 0.29) is 0 Å². The maximum Gasteiger partial charge on any atom is 0.0460 e. The van der Waals surface area contributed by atoms with E-state index in [1.54, 1.807) is 11.3 Å². The van der Waals surface area contributed by atoms with E-state index in [1.165, 1.54) is 23.7 Å². The molecule has 3 heteroatoms. The maximum atomic E-state index is 3.85. The van der Waals surface area contributed by atoms with Crippen molar-refractivity contribution in [2.45, 2.75) is 38.6 Å². The third-order valence-electron chi connectivity index (χ3n) is 5.72. The summed E-state index contributed by atoms with van der Waals surface area (Å²) in [6.45, 7) is 3.42. The summed E-state index contributed by atoms with van der Waals surface area (Å²) in [6, 6.07) is 2.83. The smallest absolute Gasteiger partial charge is 0.0460 e. The molecule has 1 aromatic rings. The lowest BCUT2D eigenvalue weighted by Crippen LogP contribution is -2.26. The van der Waals surface area contributed by atoms with Crippen molar-refractivity contribution in [3.8, 4) is 0 Å². The molecular weight excluding hydrogens is 318 g/mol. The lowest BCUT2D eigenvalue weighted by atomic mass is 9.96. The molecule has 0 saturated heterocycles. The Balaban J connectivity index is 1.57. The molecule has 5 atom stereocenters. The average Bonchev–Trinajstić information content (AvgIpc) is 2.78. The molecule has 1 nitrogen and oxygen atoms in total. The molecule has 3 aliphatic carbocycles. The maximum absolute atomic E-state index is 3.85.